The first-order chi connectivity index (χ1) is 8.17. The van der Waals surface area contributed by atoms with Crippen molar-refractivity contribution >= 4 is 15.9 Å². The zero-order chi connectivity index (χ0) is 12.7. The van der Waals surface area contributed by atoms with Crippen LogP contribution in [0.3, 0.4) is 0 Å². The molecule has 0 radical (unpaired) electrons. The molecule has 2 N–H and O–H groups in total. The van der Waals surface area contributed by atoms with Gasteiger partial charge in [-0.05, 0) is 53.4 Å². The van der Waals surface area contributed by atoms with Crippen molar-refractivity contribution in [2.75, 3.05) is 20.3 Å². The molecule has 0 fully saturated rings. The Labute approximate surface area is 111 Å². The van der Waals surface area contributed by atoms with E-state index in [-0.39, 0.29) is 6.04 Å². The van der Waals surface area contributed by atoms with Gasteiger partial charge in [0.1, 0.15) is 5.75 Å². The minimum Gasteiger partial charge on any atom is -0.496 e. The summed E-state index contributed by atoms with van der Waals surface area (Å²) in [7, 11) is 1.66. The molecule has 0 bridgehead atoms. The molecule has 0 saturated carbocycles. The molecule has 0 spiro atoms. The number of hydrogen-bond donors (Lipinski definition) is 1. The van der Waals surface area contributed by atoms with Gasteiger partial charge in [-0.1, -0.05) is 6.07 Å². The normalized spacial score (nSPS) is 12.5. The maximum Gasteiger partial charge on any atom is 0.133 e. The summed E-state index contributed by atoms with van der Waals surface area (Å²) < 4.78 is 11.4. The molecule has 96 valence electrons. The number of benzene rings is 1. The summed E-state index contributed by atoms with van der Waals surface area (Å²) in [5.41, 5.74) is 7.25. The lowest BCUT2D eigenvalue weighted by Gasteiger charge is -2.12. The van der Waals surface area contributed by atoms with Gasteiger partial charge in [0.25, 0.3) is 0 Å². The molecule has 0 saturated heterocycles. The second-order valence-corrected chi connectivity index (χ2v) is 4.77. The number of nitrogens with two attached hydrogens (primary N) is 1. The van der Waals surface area contributed by atoms with Gasteiger partial charge >= 0.3 is 0 Å². The lowest BCUT2D eigenvalue weighted by Crippen LogP contribution is -2.24. The fraction of sp³-hybridized carbons (Fsp3) is 0.538. The lowest BCUT2D eigenvalue weighted by atomic mass is 10.0. The Balaban J connectivity index is 2.48. The van der Waals surface area contributed by atoms with Gasteiger partial charge in [0.2, 0.25) is 0 Å². The van der Waals surface area contributed by atoms with E-state index in [2.05, 4.69) is 22.0 Å². The van der Waals surface area contributed by atoms with E-state index >= 15 is 0 Å². The van der Waals surface area contributed by atoms with Crippen LogP contribution >= 0.6 is 15.9 Å². The molecule has 0 amide bonds. The number of rotatable bonds is 7. The fourth-order valence-electron chi connectivity index (χ4n) is 1.62. The van der Waals surface area contributed by atoms with Gasteiger partial charge < -0.3 is 15.2 Å². The molecule has 1 aromatic carbocycles. The van der Waals surface area contributed by atoms with Crippen LogP contribution in [0.4, 0.5) is 0 Å². The SMILES string of the molecule is CCOCCC(N)Cc1ccc(OC)c(Br)c1. The predicted octanol–water partition coefficient (Wildman–Crippen LogP) is 2.75. The smallest absolute Gasteiger partial charge is 0.133 e. The maximum absolute atomic E-state index is 6.04. The Kier molecular flexibility index (Phi) is 6.55. The molecule has 1 unspecified atom stereocenters. The van der Waals surface area contributed by atoms with Crippen molar-refractivity contribution in [3.63, 3.8) is 0 Å². The van der Waals surface area contributed by atoms with Gasteiger partial charge in [-0.3, -0.25) is 0 Å². The van der Waals surface area contributed by atoms with E-state index in [1.54, 1.807) is 7.11 Å². The lowest BCUT2D eigenvalue weighted by molar-refractivity contribution is 0.140. The molecule has 0 heterocycles. The molecular formula is C13H20BrNO2. The number of halogens is 1. The summed E-state index contributed by atoms with van der Waals surface area (Å²) in [5, 5.41) is 0. The molecule has 17 heavy (non-hydrogen) atoms. The third-order valence-electron chi connectivity index (χ3n) is 2.55. The number of hydrogen-bond acceptors (Lipinski definition) is 3. The monoisotopic (exact) mass is 301 g/mol. The largest absolute Gasteiger partial charge is 0.496 e. The van der Waals surface area contributed by atoms with E-state index in [0.29, 0.717) is 0 Å². The van der Waals surface area contributed by atoms with Crippen molar-refractivity contribution in [1.82, 2.24) is 0 Å². The van der Waals surface area contributed by atoms with E-state index in [9.17, 15) is 0 Å². The maximum atomic E-state index is 6.04. The summed E-state index contributed by atoms with van der Waals surface area (Å²) in [6.45, 7) is 3.47. The molecular weight excluding hydrogens is 282 g/mol. The Morgan fingerprint density at radius 2 is 2.18 bits per heavy atom. The van der Waals surface area contributed by atoms with Crippen LogP contribution in [0.1, 0.15) is 18.9 Å². The van der Waals surface area contributed by atoms with Crippen molar-refractivity contribution < 1.29 is 9.47 Å². The van der Waals surface area contributed by atoms with Gasteiger partial charge in [0.15, 0.2) is 0 Å². The van der Waals surface area contributed by atoms with Gasteiger partial charge in [-0.2, -0.15) is 0 Å². The first-order valence-corrected chi connectivity index (χ1v) is 6.62. The topological polar surface area (TPSA) is 44.5 Å². The van der Waals surface area contributed by atoms with E-state index in [4.69, 9.17) is 15.2 Å². The van der Waals surface area contributed by atoms with E-state index < -0.39 is 0 Å². The molecule has 0 aliphatic carbocycles. The highest BCUT2D eigenvalue weighted by Gasteiger charge is 2.06. The second-order valence-electron chi connectivity index (χ2n) is 3.92. The molecule has 4 heteroatoms. The quantitative estimate of drug-likeness (QED) is 0.788. The average molecular weight is 302 g/mol. The van der Waals surface area contributed by atoms with E-state index in [1.165, 1.54) is 5.56 Å². The summed E-state index contributed by atoms with van der Waals surface area (Å²) in [6, 6.07) is 6.19. The van der Waals surface area contributed by atoms with E-state index in [0.717, 1.165) is 36.3 Å². The Bertz CT molecular complexity index is 344. The Morgan fingerprint density at radius 3 is 2.76 bits per heavy atom. The zero-order valence-electron chi connectivity index (χ0n) is 10.4. The first kappa shape index (κ1) is 14.5. The molecule has 1 rings (SSSR count). The van der Waals surface area contributed by atoms with Crippen molar-refractivity contribution in [1.29, 1.82) is 0 Å². The van der Waals surface area contributed by atoms with Crippen molar-refractivity contribution in [2.45, 2.75) is 25.8 Å². The summed E-state index contributed by atoms with van der Waals surface area (Å²) in [6.07, 6.45) is 1.74. The summed E-state index contributed by atoms with van der Waals surface area (Å²) in [5.74, 6) is 0.844. The van der Waals surface area contributed by atoms with Gasteiger partial charge in [-0.15, -0.1) is 0 Å². The minimum atomic E-state index is 0.141. The molecule has 3 nitrogen and oxygen atoms in total. The third-order valence-corrected chi connectivity index (χ3v) is 3.17. The highest BCUT2D eigenvalue weighted by atomic mass is 79.9. The summed E-state index contributed by atoms with van der Waals surface area (Å²) in [4.78, 5) is 0. The predicted molar refractivity (Wildman–Crippen MR) is 73.5 cm³/mol. The summed E-state index contributed by atoms with van der Waals surface area (Å²) >= 11 is 3.47. The van der Waals surface area contributed by atoms with Crippen LogP contribution in [0, 0.1) is 0 Å². The van der Waals surface area contributed by atoms with Crippen LogP contribution in [-0.2, 0) is 11.2 Å². The van der Waals surface area contributed by atoms with Gasteiger partial charge in [0, 0.05) is 19.3 Å². The molecule has 1 atom stereocenters. The number of methoxy groups -OCH3 is 1. The van der Waals surface area contributed by atoms with Crippen LogP contribution in [0.5, 0.6) is 5.75 Å². The highest BCUT2D eigenvalue weighted by molar-refractivity contribution is 9.10. The average Bonchev–Trinajstić information content (AvgIpc) is 2.29. The second kappa shape index (κ2) is 7.69. The van der Waals surface area contributed by atoms with Crippen LogP contribution in [0.25, 0.3) is 0 Å². The van der Waals surface area contributed by atoms with Crippen LogP contribution in [0.15, 0.2) is 22.7 Å². The first-order valence-electron chi connectivity index (χ1n) is 5.83. The molecule has 0 aliphatic heterocycles. The Morgan fingerprint density at radius 1 is 1.41 bits per heavy atom. The van der Waals surface area contributed by atoms with Crippen molar-refractivity contribution in [3.05, 3.63) is 28.2 Å². The van der Waals surface area contributed by atoms with Gasteiger partial charge in [0.05, 0.1) is 11.6 Å². The van der Waals surface area contributed by atoms with Crippen LogP contribution in [-0.4, -0.2) is 26.4 Å². The van der Waals surface area contributed by atoms with Crippen LogP contribution in [0.2, 0.25) is 0 Å². The zero-order valence-corrected chi connectivity index (χ0v) is 12.0. The molecule has 0 aliphatic rings. The van der Waals surface area contributed by atoms with Gasteiger partial charge in [-0.25, -0.2) is 0 Å². The Hall–Kier alpha value is -0.580. The van der Waals surface area contributed by atoms with Crippen LogP contribution < -0.4 is 10.5 Å². The molecule has 1 aromatic rings. The molecule has 0 aromatic heterocycles. The number of ether oxygens (including phenoxy) is 2. The minimum absolute atomic E-state index is 0.141. The standard InChI is InChI=1S/C13H20BrNO2/c1-3-17-7-6-11(15)8-10-4-5-13(16-2)12(14)9-10/h4-5,9,11H,3,6-8,15H2,1-2H3. The third kappa shape index (κ3) is 5.06. The highest BCUT2D eigenvalue weighted by Crippen LogP contribution is 2.25. The van der Waals surface area contributed by atoms with Crippen molar-refractivity contribution in [2.24, 2.45) is 5.73 Å². The fourth-order valence-corrected chi connectivity index (χ4v) is 2.21. The van der Waals surface area contributed by atoms with Crippen molar-refractivity contribution in [3.8, 4) is 5.75 Å². The van der Waals surface area contributed by atoms with E-state index in [1.807, 2.05) is 19.1 Å².